The monoisotopic (exact) mass is 331 g/mol. The van der Waals surface area contributed by atoms with Crippen LogP contribution in [0.2, 0.25) is 0 Å². The van der Waals surface area contributed by atoms with Crippen molar-refractivity contribution in [2.45, 2.75) is 12.3 Å². The number of rotatable bonds is 3. The molecule has 0 spiro atoms. The van der Waals surface area contributed by atoms with Crippen molar-refractivity contribution < 1.29 is 19.1 Å². The van der Waals surface area contributed by atoms with E-state index >= 15 is 0 Å². The first-order chi connectivity index (χ1) is 11.0. The summed E-state index contributed by atoms with van der Waals surface area (Å²) in [7, 11) is 0. The third-order valence-electron chi connectivity index (χ3n) is 3.70. The number of carbonyl (C=O) groups excluding carboxylic acids is 1. The molecule has 1 amide bonds. The molecular formula is C17H14FNO3S. The van der Waals surface area contributed by atoms with Gasteiger partial charge in [0.25, 0.3) is 0 Å². The predicted molar refractivity (Wildman–Crippen MR) is 87.2 cm³/mol. The van der Waals surface area contributed by atoms with E-state index in [1.807, 2.05) is 0 Å². The molecule has 118 valence electrons. The maximum atomic E-state index is 13.5. The summed E-state index contributed by atoms with van der Waals surface area (Å²) in [5, 5.41) is 8.74. The highest BCUT2D eigenvalue weighted by molar-refractivity contribution is 8.00. The Hall–Kier alpha value is -2.34. The van der Waals surface area contributed by atoms with Crippen LogP contribution < -0.4 is 4.90 Å². The zero-order chi connectivity index (χ0) is 16.6. The lowest BCUT2D eigenvalue weighted by atomic mass is 10.1. The number of carboxylic acid groups (broad SMARTS) is 1. The van der Waals surface area contributed by atoms with Gasteiger partial charge in [-0.2, -0.15) is 0 Å². The molecule has 0 bridgehead atoms. The number of benzene rings is 2. The van der Waals surface area contributed by atoms with Crippen LogP contribution in [0, 0.1) is 12.7 Å². The molecule has 1 saturated heterocycles. The van der Waals surface area contributed by atoms with E-state index in [1.54, 1.807) is 30.0 Å². The Morgan fingerprint density at radius 1 is 1.30 bits per heavy atom. The highest BCUT2D eigenvalue weighted by atomic mass is 32.2. The SMILES string of the molecule is Cc1cc(C(=O)O)ccc1N1C(=O)CSC1c1cccc(F)c1. The van der Waals surface area contributed by atoms with E-state index < -0.39 is 5.97 Å². The van der Waals surface area contributed by atoms with Crippen molar-refractivity contribution in [2.24, 2.45) is 0 Å². The van der Waals surface area contributed by atoms with Crippen molar-refractivity contribution in [2.75, 3.05) is 10.7 Å². The Labute approximate surface area is 136 Å². The molecule has 0 aromatic heterocycles. The summed E-state index contributed by atoms with van der Waals surface area (Å²) >= 11 is 1.43. The molecular weight excluding hydrogens is 317 g/mol. The van der Waals surface area contributed by atoms with Crippen LogP contribution in [0.4, 0.5) is 10.1 Å². The molecule has 1 atom stereocenters. The first kappa shape index (κ1) is 15.6. The summed E-state index contributed by atoms with van der Waals surface area (Å²) in [5.74, 6) is -1.12. The van der Waals surface area contributed by atoms with Gasteiger partial charge in [-0.15, -0.1) is 11.8 Å². The molecule has 4 nitrogen and oxygen atoms in total. The number of thioether (sulfide) groups is 1. The lowest BCUT2D eigenvalue weighted by molar-refractivity contribution is -0.115. The number of anilines is 1. The fraction of sp³-hybridized carbons (Fsp3) is 0.176. The Balaban J connectivity index is 2.02. The number of hydrogen-bond donors (Lipinski definition) is 1. The van der Waals surface area contributed by atoms with Gasteiger partial charge in [0, 0.05) is 5.69 Å². The summed E-state index contributed by atoms with van der Waals surface area (Å²) in [4.78, 5) is 25.0. The van der Waals surface area contributed by atoms with E-state index in [9.17, 15) is 14.0 Å². The van der Waals surface area contributed by atoms with Gasteiger partial charge in [-0.1, -0.05) is 12.1 Å². The van der Waals surface area contributed by atoms with Crippen LogP contribution in [-0.2, 0) is 4.79 Å². The van der Waals surface area contributed by atoms with Crippen LogP contribution in [0.3, 0.4) is 0 Å². The highest BCUT2D eigenvalue weighted by Crippen LogP contribution is 2.42. The van der Waals surface area contributed by atoms with Gasteiger partial charge in [-0.25, -0.2) is 9.18 Å². The molecule has 0 saturated carbocycles. The zero-order valence-corrected chi connectivity index (χ0v) is 13.1. The van der Waals surface area contributed by atoms with Gasteiger partial charge in [0.15, 0.2) is 0 Å². The molecule has 1 fully saturated rings. The normalized spacial score (nSPS) is 17.6. The quantitative estimate of drug-likeness (QED) is 0.933. The maximum absolute atomic E-state index is 13.5. The number of amides is 1. The first-order valence-corrected chi connectivity index (χ1v) is 8.05. The van der Waals surface area contributed by atoms with Crippen LogP contribution in [0.1, 0.15) is 26.9 Å². The molecule has 2 aromatic carbocycles. The number of carbonyl (C=O) groups is 2. The van der Waals surface area contributed by atoms with Crippen LogP contribution in [-0.4, -0.2) is 22.7 Å². The largest absolute Gasteiger partial charge is 0.478 e. The van der Waals surface area contributed by atoms with Crippen LogP contribution in [0.25, 0.3) is 0 Å². The fourth-order valence-corrected chi connectivity index (χ4v) is 3.81. The Morgan fingerprint density at radius 3 is 2.74 bits per heavy atom. The summed E-state index contributed by atoms with van der Waals surface area (Å²) < 4.78 is 13.5. The molecule has 23 heavy (non-hydrogen) atoms. The van der Waals surface area contributed by atoms with E-state index in [-0.39, 0.29) is 22.7 Å². The molecule has 0 aliphatic carbocycles. The molecule has 1 unspecified atom stereocenters. The van der Waals surface area contributed by atoms with E-state index in [4.69, 9.17) is 5.11 Å². The van der Waals surface area contributed by atoms with Gasteiger partial charge < -0.3 is 5.11 Å². The van der Waals surface area contributed by atoms with Crippen molar-refractivity contribution in [3.05, 3.63) is 65.0 Å². The second kappa shape index (κ2) is 6.04. The highest BCUT2D eigenvalue weighted by Gasteiger charge is 2.35. The van der Waals surface area contributed by atoms with E-state index in [0.29, 0.717) is 22.6 Å². The molecule has 2 aromatic rings. The molecule has 1 aliphatic heterocycles. The van der Waals surface area contributed by atoms with Crippen molar-refractivity contribution in [1.82, 2.24) is 0 Å². The Morgan fingerprint density at radius 2 is 2.09 bits per heavy atom. The minimum absolute atomic E-state index is 0.0737. The summed E-state index contributed by atoms with van der Waals surface area (Å²) in [6, 6.07) is 10.8. The maximum Gasteiger partial charge on any atom is 0.335 e. The van der Waals surface area contributed by atoms with E-state index in [1.165, 1.54) is 36.0 Å². The number of carboxylic acids is 1. The van der Waals surface area contributed by atoms with Crippen molar-refractivity contribution in [1.29, 1.82) is 0 Å². The third-order valence-corrected chi connectivity index (χ3v) is 4.92. The Bertz CT molecular complexity index is 793. The van der Waals surface area contributed by atoms with Gasteiger partial charge in [0.2, 0.25) is 5.91 Å². The van der Waals surface area contributed by atoms with Gasteiger partial charge >= 0.3 is 5.97 Å². The van der Waals surface area contributed by atoms with E-state index in [0.717, 1.165) is 0 Å². The molecule has 1 aliphatic rings. The first-order valence-electron chi connectivity index (χ1n) is 7.00. The zero-order valence-electron chi connectivity index (χ0n) is 12.3. The summed E-state index contributed by atoms with van der Waals surface area (Å²) in [6.45, 7) is 1.76. The van der Waals surface area contributed by atoms with Crippen molar-refractivity contribution in [3.8, 4) is 0 Å². The van der Waals surface area contributed by atoms with Crippen molar-refractivity contribution >= 4 is 29.3 Å². The smallest absolute Gasteiger partial charge is 0.335 e. The summed E-state index contributed by atoms with van der Waals surface area (Å²) in [5.41, 5.74) is 2.23. The number of aryl methyl sites for hydroxylation is 1. The second-order valence-corrected chi connectivity index (χ2v) is 6.36. The Kier molecular flexibility index (Phi) is 4.09. The predicted octanol–water partition coefficient (Wildman–Crippen LogP) is 3.61. The molecule has 3 rings (SSSR count). The summed E-state index contributed by atoms with van der Waals surface area (Å²) in [6.07, 6.45) is 0. The minimum atomic E-state index is -1.01. The van der Waals surface area contributed by atoms with Crippen LogP contribution >= 0.6 is 11.8 Å². The van der Waals surface area contributed by atoms with Crippen molar-refractivity contribution in [3.63, 3.8) is 0 Å². The van der Waals surface area contributed by atoms with Gasteiger partial charge in [0.05, 0.1) is 11.3 Å². The average molecular weight is 331 g/mol. The molecule has 6 heteroatoms. The molecule has 1 N–H and O–H groups in total. The topological polar surface area (TPSA) is 57.6 Å². The van der Waals surface area contributed by atoms with Gasteiger partial charge in [0.1, 0.15) is 11.2 Å². The van der Waals surface area contributed by atoms with Crippen LogP contribution in [0.15, 0.2) is 42.5 Å². The van der Waals surface area contributed by atoms with Gasteiger partial charge in [-0.3, -0.25) is 9.69 Å². The number of nitrogens with zero attached hydrogens (tertiary/aromatic N) is 1. The van der Waals surface area contributed by atoms with Crippen LogP contribution in [0.5, 0.6) is 0 Å². The van der Waals surface area contributed by atoms with E-state index in [2.05, 4.69) is 0 Å². The number of hydrogen-bond acceptors (Lipinski definition) is 3. The standard InChI is InChI=1S/C17H14FNO3S/c1-10-7-12(17(21)22)5-6-14(10)19-15(20)9-23-16(19)11-3-2-4-13(18)8-11/h2-8,16H,9H2,1H3,(H,21,22). The fourth-order valence-electron chi connectivity index (χ4n) is 2.65. The lowest BCUT2D eigenvalue weighted by Gasteiger charge is -2.26. The number of halogens is 1. The minimum Gasteiger partial charge on any atom is -0.478 e. The average Bonchev–Trinajstić information content (AvgIpc) is 2.89. The lowest BCUT2D eigenvalue weighted by Crippen LogP contribution is -2.28. The second-order valence-electron chi connectivity index (χ2n) is 5.29. The molecule has 0 radical (unpaired) electrons. The molecule has 1 heterocycles. The number of aromatic carboxylic acids is 1. The third kappa shape index (κ3) is 2.94. The van der Waals surface area contributed by atoms with Gasteiger partial charge in [-0.05, 0) is 48.4 Å².